The monoisotopic (exact) mass is 238 g/mol. The zero-order valence-electron chi connectivity index (χ0n) is 12.0. The molecule has 0 aliphatic heterocycles. The average molecular weight is 238 g/mol. The van der Waals surface area contributed by atoms with Gasteiger partial charge in [0.1, 0.15) is 0 Å². The van der Waals surface area contributed by atoms with Crippen LogP contribution in [0.5, 0.6) is 0 Å². The molecule has 0 bridgehead atoms. The molecule has 1 rings (SSSR count). The van der Waals surface area contributed by atoms with Gasteiger partial charge in [0, 0.05) is 18.8 Å². The number of aryl methyl sites for hydroxylation is 1. The van der Waals surface area contributed by atoms with E-state index in [9.17, 15) is 0 Å². The minimum Gasteiger partial charge on any atom is -0.307 e. The first kappa shape index (κ1) is 14.2. The van der Waals surface area contributed by atoms with Gasteiger partial charge in [-0.05, 0) is 47.0 Å². The molecular formula is C13H26N4. The zero-order valence-corrected chi connectivity index (χ0v) is 12.0. The second kappa shape index (κ2) is 5.65. The highest BCUT2D eigenvalue weighted by molar-refractivity contribution is 5.12. The van der Waals surface area contributed by atoms with Crippen LogP contribution in [-0.4, -0.2) is 40.9 Å². The van der Waals surface area contributed by atoms with Crippen LogP contribution in [0.1, 0.15) is 38.9 Å². The lowest BCUT2D eigenvalue weighted by atomic mass is 9.90. The molecule has 0 radical (unpaired) electrons. The predicted molar refractivity (Wildman–Crippen MR) is 72.0 cm³/mol. The molecule has 0 fully saturated rings. The summed E-state index contributed by atoms with van der Waals surface area (Å²) >= 11 is 0. The van der Waals surface area contributed by atoms with E-state index in [0.29, 0.717) is 0 Å². The first-order valence-electron chi connectivity index (χ1n) is 6.30. The lowest BCUT2D eigenvalue weighted by Crippen LogP contribution is -2.49. The van der Waals surface area contributed by atoms with Gasteiger partial charge in [0.25, 0.3) is 0 Å². The molecule has 0 aliphatic rings. The molecule has 0 saturated heterocycles. The second-order valence-corrected chi connectivity index (χ2v) is 5.35. The molecule has 4 nitrogen and oxygen atoms in total. The smallest absolute Gasteiger partial charge is 0.0812 e. The van der Waals surface area contributed by atoms with Crippen LogP contribution in [0.25, 0.3) is 0 Å². The molecule has 17 heavy (non-hydrogen) atoms. The minimum atomic E-state index is 0.0313. The summed E-state index contributed by atoms with van der Waals surface area (Å²) < 4.78 is 1.86. The van der Waals surface area contributed by atoms with E-state index < -0.39 is 0 Å². The van der Waals surface area contributed by atoms with E-state index in [1.165, 1.54) is 0 Å². The minimum absolute atomic E-state index is 0.0313. The number of rotatable bonds is 6. The molecule has 1 atom stereocenters. The fourth-order valence-corrected chi connectivity index (χ4v) is 1.85. The van der Waals surface area contributed by atoms with Crippen LogP contribution >= 0.6 is 0 Å². The summed E-state index contributed by atoms with van der Waals surface area (Å²) in [5.41, 5.74) is 1.14. The normalized spacial score (nSPS) is 14.3. The number of nitrogens with one attached hydrogen (secondary N) is 1. The number of hydrogen-bond acceptors (Lipinski definition) is 3. The quantitative estimate of drug-likeness (QED) is 0.820. The van der Waals surface area contributed by atoms with Gasteiger partial charge in [-0.15, -0.1) is 0 Å². The first-order chi connectivity index (χ1) is 7.89. The standard InChI is InChI=1S/C13H26N4/c1-7-9-14-12(13(2,3)16(4)5)11-8-10-17(6)15-11/h8,10,12,14H,7,9H2,1-6H3. The van der Waals surface area contributed by atoms with Crippen LogP contribution in [0.4, 0.5) is 0 Å². The van der Waals surface area contributed by atoms with Crippen molar-refractivity contribution in [1.29, 1.82) is 0 Å². The van der Waals surface area contributed by atoms with E-state index in [2.05, 4.69) is 56.2 Å². The Labute approximate surface area is 105 Å². The van der Waals surface area contributed by atoms with Gasteiger partial charge in [0.2, 0.25) is 0 Å². The van der Waals surface area contributed by atoms with E-state index in [4.69, 9.17) is 0 Å². The molecule has 0 saturated carbocycles. The van der Waals surface area contributed by atoms with Crippen molar-refractivity contribution in [2.75, 3.05) is 20.6 Å². The molecule has 98 valence electrons. The third kappa shape index (κ3) is 3.30. The predicted octanol–water partition coefficient (Wildman–Crippen LogP) is 1.80. The van der Waals surface area contributed by atoms with Gasteiger partial charge in [-0.3, -0.25) is 4.68 Å². The summed E-state index contributed by atoms with van der Waals surface area (Å²) in [4.78, 5) is 2.25. The summed E-state index contributed by atoms with van der Waals surface area (Å²) in [6, 6.07) is 2.34. The van der Waals surface area contributed by atoms with Gasteiger partial charge in [-0.1, -0.05) is 6.92 Å². The molecule has 0 aromatic carbocycles. The Balaban J connectivity index is 2.95. The van der Waals surface area contributed by atoms with Crippen molar-refractivity contribution in [3.05, 3.63) is 18.0 Å². The Kier molecular flexibility index (Phi) is 4.71. The maximum absolute atomic E-state index is 4.54. The summed E-state index contributed by atoms with van der Waals surface area (Å²) in [7, 11) is 6.19. The highest BCUT2D eigenvalue weighted by atomic mass is 15.3. The van der Waals surface area contributed by atoms with Crippen molar-refractivity contribution >= 4 is 0 Å². The Hall–Kier alpha value is -0.870. The fourth-order valence-electron chi connectivity index (χ4n) is 1.85. The van der Waals surface area contributed by atoms with Crippen molar-refractivity contribution in [3.8, 4) is 0 Å². The molecule has 0 amide bonds. The summed E-state index contributed by atoms with van der Waals surface area (Å²) in [5.74, 6) is 0. The summed E-state index contributed by atoms with van der Waals surface area (Å²) in [5, 5.41) is 8.14. The Morgan fingerprint density at radius 3 is 2.53 bits per heavy atom. The van der Waals surface area contributed by atoms with Crippen molar-refractivity contribution in [2.45, 2.75) is 38.8 Å². The summed E-state index contributed by atoms with van der Waals surface area (Å²) in [6.45, 7) is 7.69. The van der Waals surface area contributed by atoms with E-state index in [1.807, 2.05) is 17.9 Å². The Bertz CT molecular complexity index is 341. The average Bonchev–Trinajstić information content (AvgIpc) is 2.65. The third-order valence-corrected chi connectivity index (χ3v) is 3.49. The third-order valence-electron chi connectivity index (χ3n) is 3.49. The van der Waals surface area contributed by atoms with Crippen LogP contribution in [0.2, 0.25) is 0 Å². The molecule has 4 heteroatoms. The zero-order chi connectivity index (χ0) is 13.1. The molecule has 1 heterocycles. The lowest BCUT2D eigenvalue weighted by Gasteiger charge is -2.39. The van der Waals surface area contributed by atoms with Crippen molar-refractivity contribution in [1.82, 2.24) is 20.0 Å². The second-order valence-electron chi connectivity index (χ2n) is 5.35. The highest BCUT2D eigenvalue weighted by Gasteiger charge is 2.33. The first-order valence-corrected chi connectivity index (χ1v) is 6.30. The molecule has 0 aliphatic carbocycles. The number of likely N-dealkylation sites (N-methyl/N-ethyl adjacent to an activating group) is 1. The van der Waals surface area contributed by atoms with Gasteiger partial charge in [-0.25, -0.2) is 0 Å². The molecule has 1 unspecified atom stereocenters. The van der Waals surface area contributed by atoms with Gasteiger partial charge in [0.05, 0.1) is 11.7 Å². The molecule has 1 aromatic rings. The van der Waals surface area contributed by atoms with Gasteiger partial charge in [-0.2, -0.15) is 5.10 Å². The van der Waals surface area contributed by atoms with E-state index >= 15 is 0 Å². The van der Waals surface area contributed by atoms with Crippen LogP contribution < -0.4 is 5.32 Å². The van der Waals surface area contributed by atoms with Crippen molar-refractivity contribution in [3.63, 3.8) is 0 Å². The van der Waals surface area contributed by atoms with Gasteiger partial charge < -0.3 is 10.2 Å². The molecular weight excluding hydrogens is 212 g/mol. The Morgan fingerprint density at radius 2 is 2.12 bits per heavy atom. The number of hydrogen-bond donors (Lipinski definition) is 1. The van der Waals surface area contributed by atoms with E-state index in [0.717, 1.165) is 18.7 Å². The van der Waals surface area contributed by atoms with Crippen LogP contribution in [0, 0.1) is 0 Å². The topological polar surface area (TPSA) is 33.1 Å². The summed E-state index contributed by atoms with van der Waals surface area (Å²) in [6.07, 6.45) is 3.13. The number of aromatic nitrogens is 2. The van der Waals surface area contributed by atoms with Gasteiger partial charge >= 0.3 is 0 Å². The highest BCUT2D eigenvalue weighted by Crippen LogP contribution is 2.28. The molecule has 1 N–H and O–H groups in total. The lowest BCUT2D eigenvalue weighted by molar-refractivity contribution is 0.135. The van der Waals surface area contributed by atoms with Gasteiger partial charge in [0.15, 0.2) is 0 Å². The maximum Gasteiger partial charge on any atom is 0.0812 e. The molecule has 0 spiro atoms. The largest absolute Gasteiger partial charge is 0.307 e. The van der Waals surface area contributed by atoms with E-state index in [1.54, 1.807) is 0 Å². The van der Waals surface area contributed by atoms with E-state index in [-0.39, 0.29) is 11.6 Å². The SMILES string of the molecule is CCCNC(c1ccn(C)n1)C(C)(C)N(C)C. The fraction of sp³-hybridized carbons (Fsp3) is 0.769. The molecule has 1 aromatic heterocycles. The Morgan fingerprint density at radius 1 is 1.47 bits per heavy atom. The van der Waals surface area contributed by atoms with Crippen molar-refractivity contribution < 1.29 is 0 Å². The maximum atomic E-state index is 4.54. The van der Waals surface area contributed by atoms with Crippen LogP contribution in [0.15, 0.2) is 12.3 Å². The van der Waals surface area contributed by atoms with Crippen LogP contribution in [0.3, 0.4) is 0 Å². The van der Waals surface area contributed by atoms with Crippen molar-refractivity contribution in [2.24, 2.45) is 7.05 Å². The van der Waals surface area contributed by atoms with Crippen LogP contribution in [-0.2, 0) is 7.05 Å². The number of nitrogens with zero attached hydrogens (tertiary/aromatic N) is 3.